The van der Waals surface area contributed by atoms with Gasteiger partial charge >= 0.3 is 0 Å². The summed E-state index contributed by atoms with van der Waals surface area (Å²) in [7, 11) is 2.05. The van der Waals surface area contributed by atoms with E-state index in [2.05, 4.69) is 15.2 Å². The highest BCUT2D eigenvalue weighted by Gasteiger charge is 2.36. The molecule has 0 radical (unpaired) electrons. The lowest BCUT2D eigenvalue weighted by Gasteiger charge is -2.40. The minimum Gasteiger partial charge on any atom is -0.338 e. The van der Waals surface area contributed by atoms with Gasteiger partial charge in [0.1, 0.15) is 11.7 Å². The summed E-state index contributed by atoms with van der Waals surface area (Å²) in [6, 6.07) is 2.76. The summed E-state index contributed by atoms with van der Waals surface area (Å²) in [5.74, 6) is -0.210. The van der Waals surface area contributed by atoms with E-state index in [0.29, 0.717) is 43.4 Å². The van der Waals surface area contributed by atoms with Gasteiger partial charge in [-0.3, -0.25) is 9.59 Å². The van der Waals surface area contributed by atoms with E-state index in [1.807, 2.05) is 11.9 Å². The zero-order chi connectivity index (χ0) is 17.1. The molecule has 3 heterocycles. The summed E-state index contributed by atoms with van der Waals surface area (Å²) < 4.78 is 0. The molecule has 1 atom stereocenters. The second-order valence-corrected chi connectivity index (χ2v) is 6.65. The molecule has 2 aliphatic rings. The minimum atomic E-state index is -0.480. The van der Waals surface area contributed by atoms with E-state index < -0.39 is 6.04 Å². The second kappa shape index (κ2) is 7.46. The molecule has 0 saturated carbocycles. The monoisotopic (exact) mass is 351 g/mol. The predicted molar refractivity (Wildman–Crippen MR) is 91.0 cm³/mol. The fourth-order valence-corrected chi connectivity index (χ4v) is 3.17. The maximum Gasteiger partial charge on any atom is 0.273 e. The van der Waals surface area contributed by atoms with Gasteiger partial charge in [-0.05, 0) is 19.2 Å². The van der Waals surface area contributed by atoms with Crippen LogP contribution in [0.3, 0.4) is 0 Å². The summed E-state index contributed by atoms with van der Waals surface area (Å²) in [4.78, 5) is 35.4. The van der Waals surface area contributed by atoms with Crippen molar-refractivity contribution in [1.29, 1.82) is 0 Å². The molecular weight excluding hydrogens is 330 g/mol. The molecule has 2 saturated heterocycles. The number of pyridine rings is 1. The Bertz CT molecular complexity index is 601. The van der Waals surface area contributed by atoms with Gasteiger partial charge in [0.15, 0.2) is 0 Å². The van der Waals surface area contributed by atoms with Crippen LogP contribution in [0, 0.1) is 0 Å². The number of carbonyl (C=O) groups excluding carboxylic acids is 2. The van der Waals surface area contributed by atoms with E-state index in [9.17, 15) is 9.59 Å². The lowest BCUT2D eigenvalue weighted by Crippen LogP contribution is -2.62. The first-order chi connectivity index (χ1) is 11.6. The molecule has 24 heavy (non-hydrogen) atoms. The van der Waals surface area contributed by atoms with Crippen LogP contribution >= 0.6 is 11.6 Å². The van der Waals surface area contributed by atoms with E-state index in [0.717, 1.165) is 13.1 Å². The molecule has 2 fully saturated rings. The summed E-state index contributed by atoms with van der Waals surface area (Å²) in [6.07, 6.45) is 1.45. The van der Waals surface area contributed by atoms with Crippen molar-refractivity contribution in [3.63, 3.8) is 0 Å². The Morgan fingerprint density at radius 1 is 1.21 bits per heavy atom. The number of rotatable bonds is 2. The van der Waals surface area contributed by atoms with Crippen molar-refractivity contribution in [2.45, 2.75) is 6.04 Å². The quantitative estimate of drug-likeness (QED) is 0.807. The molecule has 3 rings (SSSR count). The molecule has 0 aliphatic carbocycles. The molecule has 1 unspecified atom stereocenters. The average molecular weight is 352 g/mol. The number of nitrogens with zero attached hydrogens (tertiary/aromatic N) is 4. The predicted octanol–water partition coefficient (Wildman–Crippen LogP) is -0.0770. The summed E-state index contributed by atoms with van der Waals surface area (Å²) in [5.41, 5.74) is 0.317. The fraction of sp³-hybridized carbons (Fsp3) is 0.562. The number of aromatic nitrogens is 1. The number of hydrogen-bond acceptors (Lipinski definition) is 5. The van der Waals surface area contributed by atoms with Gasteiger partial charge in [-0.25, -0.2) is 4.98 Å². The molecule has 2 aliphatic heterocycles. The van der Waals surface area contributed by atoms with Crippen LogP contribution in [0.1, 0.15) is 10.5 Å². The normalized spacial score (nSPS) is 22.5. The first-order valence-electron chi connectivity index (χ1n) is 8.17. The van der Waals surface area contributed by atoms with E-state index in [-0.39, 0.29) is 11.8 Å². The third kappa shape index (κ3) is 3.68. The van der Waals surface area contributed by atoms with E-state index in [1.54, 1.807) is 17.0 Å². The van der Waals surface area contributed by atoms with E-state index in [4.69, 9.17) is 11.6 Å². The van der Waals surface area contributed by atoms with Crippen LogP contribution in [0.15, 0.2) is 18.3 Å². The third-order valence-corrected chi connectivity index (χ3v) is 4.77. The van der Waals surface area contributed by atoms with Crippen LogP contribution < -0.4 is 5.32 Å². The highest BCUT2D eigenvalue weighted by atomic mass is 35.5. The maximum atomic E-state index is 12.9. The molecule has 7 nitrogen and oxygen atoms in total. The lowest BCUT2D eigenvalue weighted by atomic mass is 10.1. The second-order valence-electron chi connectivity index (χ2n) is 6.21. The van der Waals surface area contributed by atoms with Crippen LogP contribution in [-0.4, -0.2) is 90.4 Å². The molecule has 0 aromatic carbocycles. The van der Waals surface area contributed by atoms with Crippen LogP contribution in [0.25, 0.3) is 0 Å². The molecule has 0 spiro atoms. The molecular formula is C16H22ClN5O2. The van der Waals surface area contributed by atoms with Crippen LogP contribution in [0.5, 0.6) is 0 Å². The SMILES string of the molecule is CN1CCN(C(=O)C2CNCCN2C(=O)c2ccc(Cl)cn2)CC1. The Kier molecular flexibility index (Phi) is 5.33. The molecule has 1 N–H and O–H groups in total. The van der Waals surface area contributed by atoms with Crippen molar-refractivity contribution in [3.8, 4) is 0 Å². The smallest absolute Gasteiger partial charge is 0.273 e. The number of nitrogens with one attached hydrogen (secondary N) is 1. The van der Waals surface area contributed by atoms with Crippen molar-refractivity contribution in [2.75, 3.05) is 52.9 Å². The summed E-state index contributed by atoms with van der Waals surface area (Å²) in [6.45, 7) is 4.76. The fourth-order valence-electron chi connectivity index (χ4n) is 3.06. The Hall–Kier alpha value is -1.70. The summed E-state index contributed by atoms with van der Waals surface area (Å²) in [5, 5.41) is 3.70. The van der Waals surface area contributed by atoms with Crippen molar-refractivity contribution < 1.29 is 9.59 Å². The topological polar surface area (TPSA) is 68.8 Å². The van der Waals surface area contributed by atoms with Crippen LogP contribution in [-0.2, 0) is 4.79 Å². The first kappa shape index (κ1) is 17.1. The van der Waals surface area contributed by atoms with Gasteiger partial charge < -0.3 is 20.0 Å². The standard InChI is InChI=1S/C16H22ClN5O2/c1-20-6-8-21(9-7-20)16(24)14-11-18-4-5-22(14)15(23)13-3-2-12(17)10-19-13/h2-3,10,14,18H,4-9,11H2,1H3. The molecule has 0 bridgehead atoms. The summed E-state index contributed by atoms with van der Waals surface area (Å²) >= 11 is 5.83. The van der Waals surface area contributed by atoms with Crippen LogP contribution in [0.2, 0.25) is 5.02 Å². The molecule has 130 valence electrons. The zero-order valence-corrected chi connectivity index (χ0v) is 14.5. The van der Waals surface area contributed by atoms with Gasteiger partial charge in [-0.15, -0.1) is 0 Å². The van der Waals surface area contributed by atoms with Gasteiger partial charge in [-0.2, -0.15) is 0 Å². The van der Waals surface area contributed by atoms with E-state index in [1.165, 1.54) is 6.20 Å². The van der Waals surface area contributed by atoms with Gasteiger partial charge in [0.05, 0.1) is 5.02 Å². The molecule has 1 aromatic heterocycles. The number of carbonyl (C=O) groups is 2. The minimum absolute atomic E-state index is 0.0117. The number of likely N-dealkylation sites (N-methyl/N-ethyl adjacent to an activating group) is 1. The molecule has 2 amide bonds. The number of piperazine rings is 2. The van der Waals surface area contributed by atoms with Gasteiger partial charge in [0.25, 0.3) is 5.91 Å². The van der Waals surface area contributed by atoms with Crippen molar-refractivity contribution in [3.05, 3.63) is 29.0 Å². The first-order valence-corrected chi connectivity index (χ1v) is 8.54. The Morgan fingerprint density at radius 2 is 1.96 bits per heavy atom. The highest BCUT2D eigenvalue weighted by molar-refractivity contribution is 6.30. The van der Waals surface area contributed by atoms with Gasteiger partial charge in [-0.1, -0.05) is 11.6 Å². The molecule has 8 heteroatoms. The number of halogens is 1. The zero-order valence-electron chi connectivity index (χ0n) is 13.7. The van der Waals surface area contributed by atoms with Crippen molar-refractivity contribution in [2.24, 2.45) is 0 Å². The van der Waals surface area contributed by atoms with E-state index >= 15 is 0 Å². The van der Waals surface area contributed by atoms with Gasteiger partial charge in [0.2, 0.25) is 5.91 Å². The van der Waals surface area contributed by atoms with Crippen LogP contribution in [0.4, 0.5) is 0 Å². The van der Waals surface area contributed by atoms with Crippen molar-refractivity contribution in [1.82, 2.24) is 25.0 Å². The Labute approximate surface area is 146 Å². The lowest BCUT2D eigenvalue weighted by molar-refractivity contribution is -0.138. The number of amides is 2. The Balaban J connectivity index is 1.74. The average Bonchev–Trinajstić information content (AvgIpc) is 2.62. The Morgan fingerprint density at radius 3 is 2.62 bits per heavy atom. The largest absolute Gasteiger partial charge is 0.338 e. The van der Waals surface area contributed by atoms with Gasteiger partial charge in [0, 0.05) is 52.0 Å². The maximum absolute atomic E-state index is 12.9. The molecule has 1 aromatic rings. The number of hydrogen-bond donors (Lipinski definition) is 1. The van der Waals surface area contributed by atoms with Crippen molar-refractivity contribution >= 4 is 23.4 Å². The highest BCUT2D eigenvalue weighted by Crippen LogP contribution is 2.14. The third-order valence-electron chi connectivity index (χ3n) is 4.55.